The van der Waals surface area contributed by atoms with E-state index in [1.54, 1.807) is 16.8 Å². The highest BCUT2D eigenvalue weighted by atomic mass is 16.5. The number of hydrogen-bond acceptors (Lipinski definition) is 7. The first-order chi connectivity index (χ1) is 16.1. The number of carbonyl (C=O) groups excluding carboxylic acids is 2. The Hall–Kier alpha value is -4.46. The number of carbonyl (C=O) groups is 2. The Labute approximate surface area is 190 Å². The number of hydrogen-bond donors (Lipinski definition) is 0. The third kappa shape index (κ3) is 4.74. The molecule has 8 heteroatoms. The molecule has 0 amide bonds. The van der Waals surface area contributed by atoms with Crippen LogP contribution in [0, 0.1) is 0 Å². The van der Waals surface area contributed by atoms with Crippen LogP contribution in [0.3, 0.4) is 0 Å². The molecular weight excluding hydrogens is 422 g/mol. The van der Waals surface area contributed by atoms with Gasteiger partial charge in [0.2, 0.25) is 0 Å². The number of benzene rings is 3. The number of rotatable bonds is 8. The molecule has 3 aromatic carbocycles. The molecule has 0 saturated heterocycles. The summed E-state index contributed by atoms with van der Waals surface area (Å²) in [7, 11) is 2.98. The zero-order valence-electron chi connectivity index (χ0n) is 18.1. The third-order valence-electron chi connectivity index (χ3n) is 4.86. The predicted octanol–water partition coefficient (Wildman–Crippen LogP) is 3.99. The first-order valence-corrected chi connectivity index (χ1v) is 10.1. The van der Waals surface area contributed by atoms with Gasteiger partial charge in [0.25, 0.3) is 5.82 Å². The first kappa shape index (κ1) is 21.8. The summed E-state index contributed by atoms with van der Waals surface area (Å²) in [6.45, 7) is -0.463. The molecule has 33 heavy (non-hydrogen) atoms. The summed E-state index contributed by atoms with van der Waals surface area (Å²) in [4.78, 5) is 29.6. The molecule has 8 nitrogen and oxygen atoms in total. The number of Topliss-reactive ketones (excluding diaryl/α,β-unsaturated/α-hetero) is 1. The summed E-state index contributed by atoms with van der Waals surface area (Å²) in [6.07, 6.45) is 0. The van der Waals surface area contributed by atoms with E-state index in [9.17, 15) is 9.59 Å². The van der Waals surface area contributed by atoms with Gasteiger partial charge in [0.05, 0.1) is 19.9 Å². The minimum atomic E-state index is -0.796. The zero-order chi connectivity index (χ0) is 23.2. The van der Waals surface area contributed by atoms with E-state index in [2.05, 4.69) is 10.1 Å². The molecule has 0 N–H and O–H groups in total. The average Bonchev–Trinajstić information content (AvgIpc) is 3.33. The number of ketones is 1. The normalized spacial score (nSPS) is 10.5. The fourth-order valence-electron chi connectivity index (χ4n) is 3.21. The van der Waals surface area contributed by atoms with Crippen molar-refractivity contribution in [1.29, 1.82) is 0 Å². The summed E-state index contributed by atoms with van der Waals surface area (Å²) < 4.78 is 17.2. The molecule has 0 atom stereocenters. The SMILES string of the molecule is COc1ccc(C(=O)COC(=O)c2nc(-c3ccccc3)n(-c3ccccc3)n2)cc1OC. The lowest BCUT2D eigenvalue weighted by Crippen LogP contribution is -2.15. The van der Waals surface area contributed by atoms with Crippen LogP contribution in [-0.2, 0) is 4.74 Å². The molecule has 4 aromatic rings. The van der Waals surface area contributed by atoms with Gasteiger partial charge >= 0.3 is 5.97 Å². The lowest BCUT2D eigenvalue weighted by atomic mass is 10.1. The lowest BCUT2D eigenvalue weighted by Gasteiger charge is -2.09. The molecule has 0 saturated carbocycles. The summed E-state index contributed by atoms with van der Waals surface area (Å²) in [5, 5.41) is 4.34. The number of para-hydroxylation sites is 1. The van der Waals surface area contributed by atoms with E-state index >= 15 is 0 Å². The van der Waals surface area contributed by atoms with Gasteiger partial charge in [-0.15, -0.1) is 5.10 Å². The number of aromatic nitrogens is 3. The smallest absolute Gasteiger partial charge is 0.378 e. The van der Waals surface area contributed by atoms with Gasteiger partial charge in [0, 0.05) is 11.1 Å². The highest BCUT2D eigenvalue weighted by molar-refractivity contribution is 5.99. The van der Waals surface area contributed by atoms with E-state index in [1.165, 1.54) is 20.3 Å². The van der Waals surface area contributed by atoms with Crippen LogP contribution in [0.15, 0.2) is 78.9 Å². The van der Waals surface area contributed by atoms with E-state index in [-0.39, 0.29) is 5.82 Å². The van der Waals surface area contributed by atoms with Crippen molar-refractivity contribution >= 4 is 11.8 Å². The quantitative estimate of drug-likeness (QED) is 0.300. The maximum atomic E-state index is 12.7. The molecule has 0 bridgehead atoms. The zero-order valence-corrected chi connectivity index (χ0v) is 18.1. The fourth-order valence-corrected chi connectivity index (χ4v) is 3.21. The van der Waals surface area contributed by atoms with E-state index in [4.69, 9.17) is 14.2 Å². The average molecular weight is 443 g/mol. The van der Waals surface area contributed by atoms with Crippen LogP contribution in [-0.4, -0.2) is 47.3 Å². The summed E-state index contributed by atoms with van der Waals surface area (Å²) in [6, 6.07) is 23.4. The summed E-state index contributed by atoms with van der Waals surface area (Å²) in [5.74, 6) is 0.0594. The second-order valence-electron chi connectivity index (χ2n) is 6.94. The van der Waals surface area contributed by atoms with Crippen molar-refractivity contribution in [3.63, 3.8) is 0 Å². The molecule has 0 aliphatic rings. The van der Waals surface area contributed by atoms with E-state index in [0.29, 0.717) is 22.9 Å². The molecule has 0 spiro atoms. The van der Waals surface area contributed by atoms with Crippen molar-refractivity contribution in [2.24, 2.45) is 0 Å². The Morgan fingerprint density at radius 2 is 1.52 bits per heavy atom. The standard InChI is InChI=1S/C25H21N3O5/c1-31-21-14-13-18(15-22(21)32-2)20(29)16-33-25(30)23-26-24(17-9-5-3-6-10-17)28(27-23)19-11-7-4-8-12-19/h3-15H,16H2,1-2H3. The van der Waals surface area contributed by atoms with E-state index < -0.39 is 18.4 Å². The maximum absolute atomic E-state index is 12.7. The topological polar surface area (TPSA) is 92.5 Å². The predicted molar refractivity (Wildman–Crippen MR) is 121 cm³/mol. The van der Waals surface area contributed by atoms with Crippen LogP contribution < -0.4 is 9.47 Å². The van der Waals surface area contributed by atoms with Gasteiger partial charge < -0.3 is 14.2 Å². The number of esters is 1. The summed E-state index contributed by atoms with van der Waals surface area (Å²) >= 11 is 0. The minimum Gasteiger partial charge on any atom is -0.493 e. The van der Waals surface area contributed by atoms with E-state index in [0.717, 1.165) is 11.3 Å². The van der Waals surface area contributed by atoms with Gasteiger partial charge in [0.1, 0.15) is 0 Å². The molecule has 1 aromatic heterocycles. The van der Waals surface area contributed by atoms with Gasteiger partial charge in [-0.1, -0.05) is 48.5 Å². The molecule has 166 valence electrons. The Morgan fingerprint density at radius 3 is 2.18 bits per heavy atom. The minimum absolute atomic E-state index is 0.141. The van der Waals surface area contributed by atoms with Crippen LogP contribution in [0.4, 0.5) is 0 Å². The van der Waals surface area contributed by atoms with Crippen LogP contribution in [0.25, 0.3) is 17.1 Å². The highest BCUT2D eigenvalue weighted by Crippen LogP contribution is 2.27. The van der Waals surface area contributed by atoms with Gasteiger partial charge in [-0.25, -0.2) is 14.5 Å². The molecule has 0 unspecified atom stereocenters. The Kier molecular flexibility index (Phi) is 6.45. The maximum Gasteiger partial charge on any atom is 0.378 e. The second-order valence-corrected chi connectivity index (χ2v) is 6.94. The molecule has 1 heterocycles. The number of nitrogens with zero attached hydrogens (tertiary/aromatic N) is 3. The molecule has 0 aliphatic heterocycles. The van der Waals surface area contributed by atoms with Gasteiger partial charge in [0.15, 0.2) is 29.7 Å². The van der Waals surface area contributed by atoms with Crippen LogP contribution in [0.1, 0.15) is 21.0 Å². The van der Waals surface area contributed by atoms with Crippen molar-refractivity contribution in [3.05, 3.63) is 90.3 Å². The molecule has 0 fully saturated rings. The van der Waals surface area contributed by atoms with Crippen molar-refractivity contribution in [3.8, 4) is 28.6 Å². The van der Waals surface area contributed by atoms with Crippen molar-refractivity contribution in [1.82, 2.24) is 14.8 Å². The van der Waals surface area contributed by atoms with Gasteiger partial charge in [-0.05, 0) is 30.3 Å². The largest absolute Gasteiger partial charge is 0.493 e. The summed E-state index contributed by atoms with van der Waals surface area (Å²) in [5.41, 5.74) is 1.85. The molecular formula is C25H21N3O5. The van der Waals surface area contributed by atoms with Crippen molar-refractivity contribution in [2.45, 2.75) is 0 Å². The molecule has 4 rings (SSSR count). The fraction of sp³-hybridized carbons (Fsp3) is 0.120. The Bertz CT molecular complexity index is 1210. The highest BCUT2D eigenvalue weighted by Gasteiger charge is 2.21. The van der Waals surface area contributed by atoms with Crippen LogP contribution >= 0.6 is 0 Å². The first-order valence-electron chi connectivity index (χ1n) is 10.1. The molecule has 0 radical (unpaired) electrons. The Balaban J connectivity index is 1.55. The van der Waals surface area contributed by atoms with Gasteiger partial charge in [-0.2, -0.15) is 0 Å². The van der Waals surface area contributed by atoms with Crippen molar-refractivity contribution < 1.29 is 23.8 Å². The number of methoxy groups -OCH3 is 2. The van der Waals surface area contributed by atoms with Crippen LogP contribution in [0.5, 0.6) is 11.5 Å². The van der Waals surface area contributed by atoms with Crippen molar-refractivity contribution in [2.75, 3.05) is 20.8 Å². The lowest BCUT2D eigenvalue weighted by molar-refractivity contribution is 0.0462. The second kappa shape index (κ2) is 9.78. The van der Waals surface area contributed by atoms with E-state index in [1.807, 2.05) is 60.7 Å². The monoisotopic (exact) mass is 443 g/mol. The van der Waals surface area contributed by atoms with Crippen LogP contribution in [0.2, 0.25) is 0 Å². The number of ether oxygens (including phenoxy) is 3. The molecule has 0 aliphatic carbocycles. The Morgan fingerprint density at radius 1 is 0.848 bits per heavy atom. The third-order valence-corrected chi connectivity index (χ3v) is 4.86. The van der Waals surface area contributed by atoms with Gasteiger partial charge in [-0.3, -0.25) is 4.79 Å².